The third-order valence-corrected chi connectivity index (χ3v) is 3.98. The van der Waals surface area contributed by atoms with Crippen molar-refractivity contribution in [2.45, 2.75) is 31.1 Å². The molecule has 1 aliphatic heterocycles. The number of aromatic nitrogens is 2. The lowest BCUT2D eigenvalue weighted by Gasteiger charge is -2.25. The van der Waals surface area contributed by atoms with Gasteiger partial charge in [0, 0.05) is 18.9 Å². The number of carbonyl (C=O) groups is 1. The molecule has 1 aliphatic rings. The minimum absolute atomic E-state index is 0.0376. The molecule has 0 spiro atoms. The predicted molar refractivity (Wildman–Crippen MR) is 65.3 cm³/mol. The van der Waals surface area contributed by atoms with Crippen molar-refractivity contribution in [2.24, 2.45) is 0 Å². The number of amides is 1. The van der Waals surface area contributed by atoms with E-state index < -0.39 is 0 Å². The number of rotatable bonds is 3. The van der Waals surface area contributed by atoms with Crippen LogP contribution in [0.5, 0.6) is 0 Å². The molecule has 4 nitrogen and oxygen atoms in total. The van der Waals surface area contributed by atoms with Gasteiger partial charge in [-0.15, -0.1) is 0 Å². The number of likely N-dealkylation sites (tertiary alicyclic amines) is 1. The SMILES string of the molecule is CS[C@@H](C)C(=O)N1CCC[C@H]1c1ncc[nH]1. The second-order valence-corrected chi connectivity index (χ2v) is 5.22. The molecule has 0 aliphatic carbocycles. The smallest absolute Gasteiger partial charge is 0.236 e. The first-order valence-electron chi connectivity index (χ1n) is 5.56. The van der Waals surface area contributed by atoms with Gasteiger partial charge in [0.15, 0.2) is 0 Å². The Balaban J connectivity index is 2.12. The first-order valence-corrected chi connectivity index (χ1v) is 6.85. The summed E-state index contributed by atoms with van der Waals surface area (Å²) in [5.41, 5.74) is 0. The minimum atomic E-state index is 0.0376. The fraction of sp³-hybridized carbons (Fsp3) is 0.636. The summed E-state index contributed by atoms with van der Waals surface area (Å²) in [7, 11) is 0. The molecular formula is C11H17N3OS. The molecule has 1 amide bonds. The average molecular weight is 239 g/mol. The predicted octanol–water partition coefficient (Wildman–Crippen LogP) is 1.82. The Morgan fingerprint density at radius 3 is 3.19 bits per heavy atom. The van der Waals surface area contributed by atoms with Crippen LogP contribution in [0.15, 0.2) is 12.4 Å². The van der Waals surface area contributed by atoms with Crippen LogP contribution in [0.1, 0.15) is 31.6 Å². The Morgan fingerprint density at radius 1 is 1.75 bits per heavy atom. The van der Waals surface area contributed by atoms with E-state index in [-0.39, 0.29) is 17.2 Å². The summed E-state index contributed by atoms with van der Waals surface area (Å²) in [5.74, 6) is 1.14. The van der Waals surface area contributed by atoms with Crippen LogP contribution in [0.2, 0.25) is 0 Å². The van der Waals surface area contributed by atoms with Gasteiger partial charge in [0.05, 0.1) is 11.3 Å². The molecule has 0 saturated carbocycles. The standard InChI is InChI=1S/C11H17N3OS/c1-8(16-2)11(15)14-7-3-4-9(14)10-12-5-6-13-10/h5-6,8-9H,3-4,7H2,1-2H3,(H,12,13)/t8-,9-/m0/s1. The first-order chi connectivity index (χ1) is 7.74. The van der Waals surface area contributed by atoms with Gasteiger partial charge in [-0.25, -0.2) is 4.98 Å². The van der Waals surface area contributed by atoms with Gasteiger partial charge in [-0.3, -0.25) is 4.79 Å². The Morgan fingerprint density at radius 2 is 2.56 bits per heavy atom. The number of imidazole rings is 1. The van der Waals surface area contributed by atoms with Gasteiger partial charge in [-0.2, -0.15) is 11.8 Å². The molecule has 1 fully saturated rings. The number of hydrogen-bond acceptors (Lipinski definition) is 3. The summed E-state index contributed by atoms with van der Waals surface area (Å²) < 4.78 is 0. The number of thioether (sulfide) groups is 1. The fourth-order valence-electron chi connectivity index (χ4n) is 2.11. The van der Waals surface area contributed by atoms with Crippen molar-refractivity contribution >= 4 is 17.7 Å². The normalized spacial score (nSPS) is 22.4. The molecule has 1 N–H and O–H groups in total. The van der Waals surface area contributed by atoms with Crippen molar-refractivity contribution in [3.63, 3.8) is 0 Å². The van der Waals surface area contributed by atoms with E-state index >= 15 is 0 Å². The van der Waals surface area contributed by atoms with E-state index in [2.05, 4.69) is 9.97 Å². The Hall–Kier alpha value is -0.970. The molecule has 0 aromatic carbocycles. The highest BCUT2D eigenvalue weighted by molar-refractivity contribution is 7.99. The van der Waals surface area contributed by atoms with E-state index in [0.29, 0.717) is 0 Å². The van der Waals surface area contributed by atoms with Gasteiger partial charge >= 0.3 is 0 Å². The average Bonchev–Trinajstić information content (AvgIpc) is 2.95. The molecule has 0 bridgehead atoms. The quantitative estimate of drug-likeness (QED) is 0.875. The molecule has 0 radical (unpaired) electrons. The van der Waals surface area contributed by atoms with E-state index in [1.54, 1.807) is 18.0 Å². The molecular weight excluding hydrogens is 222 g/mol. The second-order valence-electron chi connectivity index (χ2n) is 4.04. The van der Waals surface area contributed by atoms with E-state index in [1.807, 2.05) is 24.3 Å². The molecule has 88 valence electrons. The Bertz CT molecular complexity index is 352. The maximum Gasteiger partial charge on any atom is 0.236 e. The summed E-state index contributed by atoms with van der Waals surface area (Å²) in [6, 6.07) is 0.150. The van der Waals surface area contributed by atoms with Gasteiger partial charge in [0.25, 0.3) is 0 Å². The van der Waals surface area contributed by atoms with Crippen LogP contribution in [-0.4, -0.2) is 38.8 Å². The molecule has 1 saturated heterocycles. The third kappa shape index (κ3) is 2.09. The highest BCUT2D eigenvalue weighted by Gasteiger charge is 2.33. The minimum Gasteiger partial charge on any atom is -0.347 e. The lowest BCUT2D eigenvalue weighted by molar-refractivity contribution is -0.131. The number of carbonyl (C=O) groups excluding carboxylic acids is 1. The largest absolute Gasteiger partial charge is 0.347 e. The number of H-pyrrole nitrogens is 1. The van der Waals surface area contributed by atoms with Crippen LogP contribution in [0.3, 0.4) is 0 Å². The topological polar surface area (TPSA) is 49.0 Å². The van der Waals surface area contributed by atoms with Crippen LogP contribution in [0, 0.1) is 0 Å². The number of hydrogen-bond donors (Lipinski definition) is 1. The summed E-state index contributed by atoms with van der Waals surface area (Å²) in [5, 5.41) is 0.0376. The third-order valence-electron chi connectivity index (χ3n) is 3.07. The molecule has 2 atom stereocenters. The lowest BCUT2D eigenvalue weighted by atomic mass is 10.2. The molecule has 1 aromatic rings. The van der Waals surface area contributed by atoms with Gasteiger partial charge in [-0.05, 0) is 26.0 Å². The highest BCUT2D eigenvalue weighted by Crippen LogP contribution is 2.31. The fourth-order valence-corrected chi connectivity index (χ4v) is 2.45. The van der Waals surface area contributed by atoms with Crippen molar-refractivity contribution in [1.29, 1.82) is 0 Å². The van der Waals surface area contributed by atoms with Crippen molar-refractivity contribution in [2.75, 3.05) is 12.8 Å². The van der Waals surface area contributed by atoms with Crippen molar-refractivity contribution < 1.29 is 4.79 Å². The summed E-state index contributed by atoms with van der Waals surface area (Å²) in [6.07, 6.45) is 7.61. The zero-order valence-electron chi connectivity index (χ0n) is 9.64. The van der Waals surface area contributed by atoms with Crippen LogP contribution < -0.4 is 0 Å². The summed E-state index contributed by atoms with van der Waals surface area (Å²) >= 11 is 1.60. The molecule has 16 heavy (non-hydrogen) atoms. The number of nitrogens with one attached hydrogen (secondary N) is 1. The zero-order chi connectivity index (χ0) is 11.5. The van der Waals surface area contributed by atoms with Crippen LogP contribution in [0.4, 0.5) is 0 Å². The molecule has 2 heterocycles. The number of aromatic amines is 1. The Labute approximate surface area is 99.8 Å². The van der Waals surface area contributed by atoms with Crippen LogP contribution in [-0.2, 0) is 4.79 Å². The van der Waals surface area contributed by atoms with E-state index in [4.69, 9.17) is 0 Å². The molecule has 2 rings (SSSR count). The lowest BCUT2D eigenvalue weighted by Crippen LogP contribution is -2.36. The monoisotopic (exact) mass is 239 g/mol. The molecule has 1 aromatic heterocycles. The van der Waals surface area contributed by atoms with Gasteiger partial charge in [0.1, 0.15) is 5.82 Å². The van der Waals surface area contributed by atoms with Crippen LogP contribution in [0.25, 0.3) is 0 Å². The van der Waals surface area contributed by atoms with Crippen molar-refractivity contribution in [3.05, 3.63) is 18.2 Å². The van der Waals surface area contributed by atoms with E-state index in [0.717, 1.165) is 25.2 Å². The van der Waals surface area contributed by atoms with Crippen molar-refractivity contribution in [1.82, 2.24) is 14.9 Å². The second kappa shape index (κ2) is 4.91. The Kier molecular flexibility index (Phi) is 3.53. The van der Waals surface area contributed by atoms with Crippen molar-refractivity contribution in [3.8, 4) is 0 Å². The summed E-state index contributed by atoms with van der Waals surface area (Å²) in [4.78, 5) is 21.5. The highest BCUT2D eigenvalue weighted by atomic mass is 32.2. The zero-order valence-corrected chi connectivity index (χ0v) is 10.5. The molecule has 0 unspecified atom stereocenters. The number of nitrogens with zero attached hydrogens (tertiary/aromatic N) is 2. The maximum absolute atomic E-state index is 12.1. The summed E-state index contributed by atoms with van der Waals surface area (Å²) in [6.45, 7) is 2.82. The van der Waals surface area contributed by atoms with Gasteiger partial charge < -0.3 is 9.88 Å². The maximum atomic E-state index is 12.1. The van der Waals surface area contributed by atoms with Gasteiger partial charge in [-0.1, -0.05) is 0 Å². The van der Waals surface area contributed by atoms with E-state index in [1.165, 1.54) is 0 Å². The first kappa shape index (κ1) is 11.5. The molecule has 5 heteroatoms. The van der Waals surface area contributed by atoms with E-state index in [9.17, 15) is 4.79 Å². The van der Waals surface area contributed by atoms with Gasteiger partial charge in [0.2, 0.25) is 5.91 Å². The van der Waals surface area contributed by atoms with Crippen LogP contribution >= 0.6 is 11.8 Å².